The number of carbonyl (C=O) groups is 1. The Hall–Kier alpha value is -3.18. The second kappa shape index (κ2) is 8.05. The minimum absolute atomic E-state index is 0.0983. The largest absolute Gasteiger partial charge is 0.452 e. The summed E-state index contributed by atoms with van der Waals surface area (Å²) in [5.41, 5.74) is 1.50. The number of halogens is 1. The van der Waals surface area contributed by atoms with E-state index in [0.717, 1.165) is 10.0 Å². The van der Waals surface area contributed by atoms with Crippen LogP contribution in [0.2, 0.25) is 0 Å². The zero-order valence-electron chi connectivity index (χ0n) is 15.6. The molecule has 144 valence electrons. The molecule has 3 aromatic carbocycles. The fourth-order valence-corrected chi connectivity index (χ4v) is 3.77. The van der Waals surface area contributed by atoms with E-state index in [2.05, 4.69) is 15.9 Å². The lowest BCUT2D eigenvalue weighted by molar-refractivity contribution is -0.135. The second-order valence-electron chi connectivity index (χ2n) is 6.62. The second-order valence-corrected chi connectivity index (χ2v) is 7.47. The number of hydrogen-bond acceptors (Lipinski definition) is 4. The van der Waals surface area contributed by atoms with Crippen molar-refractivity contribution < 1.29 is 13.9 Å². The quantitative estimate of drug-likeness (QED) is 0.363. The maximum Gasteiger partial charge on any atom is 0.318 e. The molecule has 1 unspecified atom stereocenters. The molecule has 0 aliphatic rings. The monoisotopic (exact) mass is 448 g/mol. The molecule has 0 radical (unpaired) electrons. The minimum atomic E-state index is -0.569. The highest BCUT2D eigenvalue weighted by Gasteiger charge is 2.25. The number of esters is 1. The summed E-state index contributed by atoms with van der Waals surface area (Å²) in [5.74, 6) is -0.961. The Bertz CT molecular complexity index is 1240. The normalized spacial score (nSPS) is 11.9. The molecule has 4 rings (SSSR count). The van der Waals surface area contributed by atoms with Gasteiger partial charge in [0, 0.05) is 10.0 Å². The summed E-state index contributed by atoms with van der Waals surface area (Å²) >= 11 is 3.46. The van der Waals surface area contributed by atoms with Gasteiger partial charge in [-0.2, -0.15) is 0 Å². The van der Waals surface area contributed by atoms with Gasteiger partial charge in [0.25, 0.3) is 0 Å². The summed E-state index contributed by atoms with van der Waals surface area (Å²) in [6, 6.07) is 23.5. The van der Waals surface area contributed by atoms with Gasteiger partial charge in [-0.1, -0.05) is 76.6 Å². The number of carbonyl (C=O) groups excluding carboxylic acids is 1. The van der Waals surface area contributed by atoms with Gasteiger partial charge < -0.3 is 9.15 Å². The molecule has 1 heterocycles. The fraction of sp³-hybridized carbons (Fsp3) is 0.0833. The Morgan fingerprint density at radius 2 is 1.59 bits per heavy atom. The van der Waals surface area contributed by atoms with E-state index in [1.807, 2.05) is 54.6 Å². The molecule has 4 aromatic rings. The molecule has 0 saturated carbocycles. The molecule has 0 N–H and O–H groups in total. The molecule has 5 heteroatoms. The van der Waals surface area contributed by atoms with Crippen molar-refractivity contribution in [3.8, 4) is 17.1 Å². The number of fused-ring (bicyclic) bond motifs is 1. The number of hydrogen-bond donors (Lipinski definition) is 0. The molecule has 0 spiro atoms. The van der Waals surface area contributed by atoms with Crippen molar-refractivity contribution in [1.82, 2.24) is 0 Å². The Kier molecular flexibility index (Phi) is 5.32. The Balaban J connectivity index is 1.82. The zero-order chi connectivity index (χ0) is 20.4. The molecule has 0 saturated heterocycles. The van der Waals surface area contributed by atoms with E-state index in [0.29, 0.717) is 16.5 Å². The van der Waals surface area contributed by atoms with Gasteiger partial charge in [0.15, 0.2) is 5.76 Å². The van der Waals surface area contributed by atoms with E-state index in [4.69, 9.17) is 9.15 Å². The highest BCUT2D eigenvalue weighted by Crippen LogP contribution is 2.32. The smallest absolute Gasteiger partial charge is 0.318 e. The summed E-state index contributed by atoms with van der Waals surface area (Å²) in [6.45, 7) is 1.74. The van der Waals surface area contributed by atoms with E-state index in [1.165, 1.54) is 0 Å². The molecular formula is C24H17BrO4. The van der Waals surface area contributed by atoms with Gasteiger partial charge in [0.2, 0.25) is 11.2 Å². The van der Waals surface area contributed by atoms with Gasteiger partial charge >= 0.3 is 5.97 Å². The van der Waals surface area contributed by atoms with E-state index < -0.39 is 11.9 Å². The molecule has 0 fully saturated rings. The van der Waals surface area contributed by atoms with Gasteiger partial charge in [-0.05, 0) is 30.7 Å². The predicted octanol–water partition coefficient (Wildman–Crippen LogP) is 5.93. The fourth-order valence-electron chi connectivity index (χ4n) is 3.14. The third-order valence-electron chi connectivity index (χ3n) is 4.72. The standard InChI is InChI=1S/C24H17BrO4/c1-15(17-11-5-7-13-19(17)25)24(27)29-23-21(26)18-12-6-8-14-20(18)28-22(23)16-9-3-2-4-10-16/h2-15H,1H3. The first-order chi connectivity index (χ1) is 14.1. The van der Waals surface area contributed by atoms with Crippen LogP contribution in [0.3, 0.4) is 0 Å². The van der Waals surface area contributed by atoms with Crippen LogP contribution < -0.4 is 10.2 Å². The molecule has 1 aromatic heterocycles. The third kappa shape index (κ3) is 3.74. The van der Waals surface area contributed by atoms with Crippen LogP contribution >= 0.6 is 15.9 Å². The van der Waals surface area contributed by atoms with E-state index in [9.17, 15) is 9.59 Å². The molecule has 1 atom stereocenters. The van der Waals surface area contributed by atoms with Gasteiger partial charge in [-0.25, -0.2) is 0 Å². The van der Waals surface area contributed by atoms with Crippen LogP contribution in [-0.2, 0) is 4.79 Å². The van der Waals surface area contributed by atoms with Crippen LogP contribution in [-0.4, -0.2) is 5.97 Å². The number of ether oxygens (including phenoxy) is 1. The van der Waals surface area contributed by atoms with Crippen LogP contribution in [0, 0.1) is 0 Å². The van der Waals surface area contributed by atoms with Crippen molar-refractivity contribution >= 4 is 32.9 Å². The first kappa shape index (κ1) is 19.2. The Morgan fingerprint density at radius 1 is 0.931 bits per heavy atom. The summed E-state index contributed by atoms with van der Waals surface area (Å²) < 4.78 is 12.4. The van der Waals surface area contributed by atoms with Crippen molar-refractivity contribution in [2.45, 2.75) is 12.8 Å². The van der Waals surface area contributed by atoms with E-state index in [1.54, 1.807) is 31.2 Å². The summed E-state index contributed by atoms with van der Waals surface area (Å²) in [5, 5.41) is 0.364. The Labute approximate surface area is 175 Å². The van der Waals surface area contributed by atoms with Crippen LogP contribution in [0.1, 0.15) is 18.4 Å². The Morgan fingerprint density at radius 3 is 2.34 bits per heavy atom. The molecular weight excluding hydrogens is 432 g/mol. The molecule has 0 amide bonds. The molecule has 0 aliphatic carbocycles. The van der Waals surface area contributed by atoms with Crippen molar-refractivity contribution in [2.24, 2.45) is 0 Å². The summed E-state index contributed by atoms with van der Waals surface area (Å²) in [4.78, 5) is 26.1. The first-order valence-electron chi connectivity index (χ1n) is 9.13. The van der Waals surface area contributed by atoms with Crippen LogP contribution in [0.25, 0.3) is 22.3 Å². The topological polar surface area (TPSA) is 56.5 Å². The third-order valence-corrected chi connectivity index (χ3v) is 5.44. The maximum absolute atomic E-state index is 13.1. The van der Waals surface area contributed by atoms with Gasteiger partial charge in [-0.15, -0.1) is 0 Å². The summed E-state index contributed by atoms with van der Waals surface area (Å²) in [7, 11) is 0. The maximum atomic E-state index is 13.1. The number of para-hydroxylation sites is 1. The average Bonchev–Trinajstić information content (AvgIpc) is 2.76. The molecule has 29 heavy (non-hydrogen) atoms. The lowest BCUT2D eigenvalue weighted by atomic mass is 10.0. The zero-order valence-corrected chi connectivity index (χ0v) is 17.2. The minimum Gasteiger partial charge on any atom is -0.452 e. The lowest BCUT2D eigenvalue weighted by Gasteiger charge is -2.15. The van der Waals surface area contributed by atoms with Crippen molar-refractivity contribution in [2.75, 3.05) is 0 Å². The summed E-state index contributed by atoms with van der Waals surface area (Å²) in [6.07, 6.45) is 0. The predicted molar refractivity (Wildman–Crippen MR) is 116 cm³/mol. The molecule has 4 nitrogen and oxygen atoms in total. The number of rotatable bonds is 4. The highest BCUT2D eigenvalue weighted by atomic mass is 79.9. The molecule has 0 aliphatic heterocycles. The van der Waals surface area contributed by atoms with Crippen molar-refractivity contribution in [3.05, 3.63) is 99.1 Å². The van der Waals surface area contributed by atoms with E-state index >= 15 is 0 Å². The lowest BCUT2D eigenvalue weighted by Crippen LogP contribution is -2.21. The van der Waals surface area contributed by atoms with Crippen molar-refractivity contribution in [3.63, 3.8) is 0 Å². The van der Waals surface area contributed by atoms with E-state index in [-0.39, 0.29) is 16.9 Å². The number of benzene rings is 3. The highest BCUT2D eigenvalue weighted by molar-refractivity contribution is 9.10. The van der Waals surface area contributed by atoms with Gasteiger partial charge in [-0.3, -0.25) is 9.59 Å². The van der Waals surface area contributed by atoms with Crippen LogP contribution in [0.5, 0.6) is 5.75 Å². The van der Waals surface area contributed by atoms with Gasteiger partial charge in [0.1, 0.15) is 5.58 Å². The van der Waals surface area contributed by atoms with Crippen molar-refractivity contribution in [1.29, 1.82) is 0 Å². The van der Waals surface area contributed by atoms with Crippen LogP contribution in [0.15, 0.2) is 92.5 Å². The molecule has 0 bridgehead atoms. The average molecular weight is 449 g/mol. The SMILES string of the molecule is CC(C(=O)Oc1c(-c2ccccc2)oc2ccccc2c1=O)c1ccccc1Br. The first-order valence-corrected chi connectivity index (χ1v) is 9.93. The van der Waals surface area contributed by atoms with Gasteiger partial charge in [0.05, 0.1) is 11.3 Å². The van der Waals surface area contributed by atoms with Crippen LogP contribution in [0.4, 0.5) is 0 Å².